The van der Waals surface area contributed by atoms with Crippen molar-refractivity contribution in [1.29, 1.82) is 0 Å². The van der Waals surface area contributed by atoms with Gasteiger partial charge in [-0.3, -0.25) is 0 Å². The van der Waals surface area contributed by atoms with E-state index in [-0.39, 0.29) is 0 Å². The molecule has 1 aliphatic rings. The first kappa shape index (κ1) is 11.2. The van der Waals surface area contributed by atoms with Gasteiger partial charge in [-0.25, -0.2) is 9.98 Å². The third-order valence-electron chi connectivity index (χ3n) is 1.82. The Morgan fingerprint density at radius 3 is 2.64 bits per heavy atom. The number of amidine groups is 1. The number of rotatable bonds is 4. The molecule has 0 aromatic heterocycles. The quantitative estimate of drug-likeness (QED) is 0.706. The van der Waals surface area contributed by atoms with Crippen molar-refractivity contribution in [2.24, 2.45) is 9.98 Å². The van der Waals surface area contributed by atoms with Gasteiger partial charge in [-0.15, -0.1) is 0 Å². The highest BCUT2D eigenvalue weighted by atomic mass is 35.5. The highest BCUT2D eigenvalue weighted by Gasteiger charge is 2.13. The van der Waals surface area contributed by atoms with E-state index in [4.69, 9.17) is 11.6 Å². The number of unbranched alkanes of at least 4 members (excludes halogenated alkanes) is 1. The van der Waals surface area contributed by atoms with Crippen LogP contribution >= 0.6 is 11.6 Å². The molecular weight excluding hydrogens is 198 g/mol. The SMILES string of the molecule is CCCCC1=NC(=CN(C)C)C(Cl)=N1. The minimum Gasteiger partial charge on any atom is -0.382 e. The first-order valence-electron chi connectivity index (χ1n) is 4.84. The number of aliphatic imine (C=N–C) groups is 2. The summed E-state index contributed by atoms with van der Waals surface area (Å²) in [5.41, 5.74) is 0.766. The van der Waals surface area contributed by atoms with Crippen LogP contribution in [0, 0.1) is 0 Å². The van der Waals surface area contributed by atoms with Gasteiger partial charge >= 0.3 is 0 Å². The molecule has 0 aromatic carbocycles. The molecule has 1 aliphatic heterocycles. The summed E-state index contributed by atoms with van der Waals surface area (Å²) < 4.78 is 0. The van der Waals surface area contributed by atoms with E-state index in [1.807, 2.05) is 25.2 Å². The summed E-state index contributed by atoms with van der Waals surface area (Å²) in [6.07, 6.45) is 5.06. The molecule has 1 rings (SSSR count). The molecule has 78 valence electrons. The molecule has 1 heterocycles. The summed E-state index contributed by atoms with van der Waals surface area (Å²) in [5, 5.41) is 0.504. The third-order valence-corrected chi connectivity index (χ3v) is 2.10. The Labute approximate surface area is 90.2 Å². The van der Waals surface area contributed by atoms with E-state index in [1.165, 1.54) is 0 Å². The normalized spacial score (nSPS) is 18.4. The van der Waals surface area contributed by atoms with Gasteiger partial charge in [0.2, 0.25) is 0 Å². The minimum absolute atomic E-state index is 0.504. The average Bonchev–Trinajstić information content (AvgIpc) is 2.43. The number of hydrogen-bond donors (Lipinski definition) is 0. The van der Waals surface area contributed by atoms with Crippen LogP contribution in [0.1, 0.15) is 26.2 Å². The Balaban J connectivity index is 2.66. The van der Waals surface area contributed by atoms with Crippen LogP contribution in [-0.2, 0) is 0 Å². The number of hydrogen-bond acceptors (Lipinski definition) is 3. The molecule has 0 N–H and O–H groups in total. The fourth-order valence-corrected chi connectivity index (χ4v) is 1.34. The van der Waals surface area contributed by atoms with Crippen molar-refractivity contribution in [2.45, 2.75) is 26.2 Å². The van der Waals surface area contributed by atoms with Crippen LogP contribution in [-0.4, -0.2) is 30.0 Å². The van der Waals surface area contributed by atoms with E-state index >= 15 is 0 Å². The maximum absolute atomic E-state index is 5.94. The number of allylic oxidation sites excluding steroid dienone is 1. The first-order valence-corrected chi connectivity index (χ1v) is 5.21. The van der Waals surface area contributed by atoms with Crippen molar-refractivity contribution in [3.05, 3.63) is 11.9 Å². The second kappa shape index (κ2) is 5.15. The fraction of sp³-hybridized carbons (Fsp3) is 0.600. The topological polar surface area (TPSA) is 28.0 Å². The molecule has 0 unspecified atom stereocenters. The second-order valence-corrected chi connectivity index (χ2v) is 3.87. The lowest BCUT2D eigenvalue weighted by Crippen LogP contribution is -2.03. The number of nitrogens with zero attached hydrogens (tertiary/aromatic N) is 3. The predicted octanol–water partition coefficient (Wildman–Crippen LogP) is 2.63. The largest absolute Gasteiger partial charge is 0.382 e. The zero-order valence-electron chi connectivity index (χ0n) is 8.92. The third kappa shape index (κ3) is 3.14. The summed E-state index contributed by atoms with van der Waals surface area (Å²) in [4.78, 5) is 10.5. The standard InChI is InChI=1S/C10H16ClN3/c1-4-5-6-9-12-8(7-14(2)3)10(11)13-9/h7H,4-6H2,1-3H3. The van der Waals surface area contributed by atoms with Crippen LogP contribution in [0.4, 0.5) is 0 Å². The van der Waals surface area contributed by atoms with E-state index in [2.05, 4.69) is 16.9 Å². The van der Waals surface area contributed by atoms with E-state index in [0.717, 1.165) is 30.8 Å². The Bertz CT molecular complexity index is 290. The maximum Gasteiger partial charge on any atom is 0.158 e. The molecule has 0 radical (unpaired) electrons. The van der Waals surface area contributed by atoms with E-state index in [1.54, 1.807) is 0 Å². The van der Waals surface area contributed by atoms with Crippen molar-refractivity contribution >= 4 is 22.6 Å². The molecule has 0 fully saturated rings. The minimum atomic E-state index is 0.504. The molecule has 0 aromatic rings. The van der Waals surface area contributed by atoms with E-state index in [0.29, 0.717) is 5.17 Å². The molecule has 14 heavy (non-hydrogen) atoms. The van der Waals surface area contributed by atoms with Gasteiger partial charge in [-0.2, -0.15) is 0 Å². The molecule has 0 saturated carbocycles. The van der Waals surface area contributed by atoms with Gasteiger partial charge < -0.3 is 4.90 Å². The lowest BCUT2D eigenvalue weighted by molar-refractivity contribution is 0.560. The molecule has 4 heteroatoms. The first-order chi connectivity index (χ1) is 6.63. The molecule has 0 aliphatic carbocycles. The van der Waals surface area contributed by atoms with E-state index in [9.17, 15) is 0 Å². The Morgan fingerprint density at radius 2 is 2.07 bits per heavy atom. The van der Waals surface area contributed by atoms with Gasteiger partial charge in [0.25, 0.3) is 0 Å². The van der Waals surface area contributed by atoms with Crippen molar-refractivity contribution in [3.8, 4) is 0 Å². The van der Waals surface area contributed by atoms with Crippen LogP contribution in [0.15, 0.2) is 21.9 Å². The van der Waals surface area contributed by atoms with Crippen LogP contribution in [0.25, 0.3) is 0 Å². The summed E-state index contributed by atoms with van der Waals surface area (Å²) in [6, 6.07) is 0. The number of halogens is 1. The molecular formula is C10H16ClN3. The molecule has 0 bridgehead atoms. The molecule has 0 amide bonds. The molecule has 0 atom stereocenters. The van der Waals surface area contributed by atoms with Gasteiger partial charge in [0, 0.05) is 26.7 Å². The van der Waals surface area contributed by atoms with Gasteiger partial charge in [0.15, 0.2) is 5.17 Å². The monoisotopic (exact) mass is 213 g/mol. The van der Waals surface area contributed by atoms with Crippen LogP contribution in [0.3, 0.4) is 0 Å². The Morgan fingerprint density at radius 1 is 1.36 bits per heavy atom. The smallest absolute Gasteiger partial charge is 0.158 e. The van der Waals surface area contributed by atoms with Crippen molar-refractivity contribution < 1.29 is 0 Å². The zero-order valence-corrected chi connectivity index (χ0v) is 9.67. The molecule has 3 nitrogen and oxygen atoms in total. The van der Waals surface area contributed by atoms with Gasteiger partial charge in [-0.1, -0.05) is 24.9 Å². The van der Waals surface area contributed by atoms with Gasteiger partial charge in [0.1, 0.15) is 11.5 Å². The van der Waals surface area contributed by atoms with Crippen molar-refractivity contribution in [2.75, 3.05) is 14.1 Å². The van der Waals surface area contributed by atoms with Crippen molar-refractivity contribution in [1.82, 2.24) is 4.90 Å². The van der Waals surface area contributed by atoms with Crippen LogP contribution in [0.5, 0.6) is 0 Å². The highest BCUT2D eigenvalue weighted by molar-refractivity contribution is 6.71. The Hall–Kier alpha value is -0.830. The predicted molar refractivity (Wildman–Crippen MR) is 62.0 cm³/mol. The summed E-state index contributed by atoms with van der Waals surface area (Å²) in [6.45, 7) is 2.15. The lowest BCUT2D eigenvalue weighted by Gasteiger charge is -2.03. The zero-order chi connectivity index (χ0) is 10.6. The summed E-state index contributed by atoms with van der Waals surface area (Å²) in [5.74, 6) is 0.852. The van der Waals surface area contributed by atoms with Gasteiger partial charge in [-0.05, 0) is 6.42 Å². The maximum atomic E-state index is 5.94. The average molecular weight is 214 g/mol. The lowest BCUT2D eigenvalue weighted by atomic mass is 10.2. The van der Waals surface area contributed by atoms with Gasteiger partial charge in [0.05, 0.1) is 0 Å². The summed E-state index contributed by atoms with van der Waals surface area (Å²) in [7, 11) is 3.88. The molecule has 0 saturated heterocycles. The van der Waals surface area contributed by atoms with Crippen LogP contribution < -0.4 is 0 Å². The highest BCUT2D eigenvalue weighted by Crippen LogP contribution is 2.16. The summed E-state index contributed by atoms with van der Waals surface area (Å²) >= 11 is 5.94. The van der Waals surface area contributed by atoms with Crippen molar-refractivity contribution in [3.63, 3.8) is 0 Å². The fourth-order valence-electron chi connectivity index (χ4n) is 1.15. The molecule has 0 spiro atoms. The van der Waals surface area contributed by atoms with Crippen LogP contribution in [0.2, 0.25) is 0 Å². The Kier molecular flexibility index (Phi) is 4.14. The van der Waals surface area contributed by atoms with E-state index < -0.39 is 0 Å². The second-order valence-electron chi connectivity index (χ2n) is 3.51.